The first-order valence-corrected chi connectivity index (χ1v) is 8.01. The lowest BCUT2D eigenvalue weighted by Gasteiger charge is -2.24. The van der Waals surface area contributed by atoms with E-state index in [1.165, 1.54) is 11.8 Å². The van der Waals surface area contributed by atoms with Gasteiger partial charge in [0.25, 0.3) is 0 Å². The molecule has 1 aliphatic rings. The van der Waals surface area contributed by atoms with Gasteiger partial charge in [-0.05, 0) is 19.6 Å². The number of anilines is 1. The molecule has 1 atom stereocenters. The largest absolute Gasteiger partial charge is 0.383 e. The molecule has 0 aliphatic carbocycles. The Labute approximate surface area is 99.3 Å². The highest BCUT2D eigenvalue weighted by atomic mass is 32.2. The second-order valence-electron chi connectivity index (χ2n) is 4.35. The third kappa shape index (κ3) is 1.82. The molecule has 0 bridgehead atoms. The summed E-state index contributed by atoms with van der Waals surface area (Å²) in [5.41, 5.74) is 5.46. The van der Waals surface area contributed by atoms with Gasteiger partial charge in [-0.1, -0.05) is 0 Å². The van der Waals surface area contributed by atoms with Crippen LogP contribution in [0.3, 0.4) is 0 Å². The molecule has 0 spiro atoms. The fourth-order valence-electron chi connectivity index (χ4n) is 2.09. The van der Waals surface area contributed by atoms with Gasteiger partial charge in [-0.3, -0.25) is 0 Å². The van der Waals surface area contributed by atoms with Crippen LogP contribution in [0.2, 0.25) is 0 Å². The molecule has 0 saturated carbocycles. The Balaban J connectivity index is 2.41. The van der Waals surface area contributed by atoms with Crippen LogP contribution in [0.1, 0.15) is 13.3 Å². The van der Waals surface area contributed by atoms with Crippen LogP contribution < -0.4 is 5.73 Å². The second kappa shape index (κ2) is 3.66. The molecule has 1 saturated heterocycles. The van der Waals surface area contributed by atoms with E-state index >= 15 is 0 Å². The smallest absolute Gasteiger partial charge is 0.152 e. The molecule has 5 nitrogen and oxygen atoms in total. The number of sulfone groups is 1. The van der Waals surface area contributed by atoms with Crippen molar-refractivity contribution in [3.8, 4) is 0 Å². The van der Waals surface area contributed by atoms with Crippen molar-refractivity contribution in [1.82, 2.24) is 9.78 Å². The minimum Gasteiger partial charge on any atom is -0.383 e. The Hall–Kier alpha value is -0.690. The summed E-state index contributed by atoms with van der Waals surface area (Å²) in [6, 6.07) is 0. The first-order valence-electron chi connectivity index (χ1n) is 4.96. The minimum atomic E-state index is -2.94. The van der Waals surface area contributed by atoms with E-state index in [2.05, 4.69) is 5.10 Å². The summed E-state index contributed by atoms with van der Waals surface area (Å²) < 4.78 is 24.7. The third-order valence-electron chi connectivity index (χ3n) is 2.98. The van der Waals surface area contributed by atoms with Crippen LogP contribution in [0.4, 0.5) is 5.82 Å². The molecule has 0 aromatic carbocycles. The summed E-state index contributed by atoms with van der Waals surface area (Å²) >= 11 is 1.52. The van der Waals surface area contributed by atoms with Crippen molar-refractivity contribution in [1.29, 1.82) is 0 Å². The Morgan fingerprint density at radius 1 is 1.62 bits per heavy atom. The average molecular weight is 261 g/mol. The standard InChI is InChI=1S/C9H15N3O2S2/c1-9(3-4-16(13,14)6-9)12-8(10)7(15-2)5-11-12/h5H,3-4,6,10H2,1-2H3. The number of thioether (sulfide) groups is 1. The zero-order valence-corrected chi connectivity index (χ0v) is 10.9. The molecule has 16 heavy (non-hydrogen) atoms. The molecule has 1 aromatic heterocycles. The molecule has 1 aromatic rings. The van der Waals surface area contributed by atoms with Gasteiger partial charge in [0.15, 0.2) is 9.84 Å². The van der Waals surface area contributed by atoms with Crippen molar-refractivity contribution >= 4 is 27.4 Å². The maximum absolute atomic E-state index is 11.5. The number of hydrogen-bond donors (Lipinski definition) is 1. The summed E-state index contributed by atoms with van der Waals surface area (Å²) in [7, 11) is -2.94. The summed E-state index contributed by atoms with van der Waals surface area (Å²) in [4.78, 5) is 0.894. The van der Waals surface area contributed by atoms with Crippen LogP contribution in [0.5, 0.6) is 0 Å². The number of aromatic nitrogens is 2. The summed E-state index contributed by atoms with van der Waals surface area (Å²) in [5.74, 6) is 0.906. The predicted molar refractivity (Wildman–Crippen MR) is 65.3 cm³/mol. The van der Waals surface area contributed by atoms with E-state index in [1.54, 1.807) is 10.9 Å². The number of nitrogen functional groups attached to an aromatic ring is 1. The lowest BCUT2D eigenvalue weighted by Crippen LogP contribution is -2.33. The van der Waals surface area contributed by atoms with Gasteiger partial charge in [-0.15, -0.1) is 11.8 Å². The maximum atomic E-state index is 11.5. The Kier molecular flexibility index (Phi) is 2.70. The van der Waals surface area contributed by atoms with E-state index in [0.717, 1.165) is 4.90 Å². The summed E-state index contributed by atoms with van der Waals surface area (Å²) in [6.45, 7) is 1.89. The molecular weight excluding hydrogens is 246 g/mol. The molecule has 0 amide bonds. The van der Waals surface area contributed by atoms with Crippen molar-refractivity contribution in [3.05, 3.63) is 6.20 Å². The topological polar surface area (TPSA) is 78.0 Å². The van der Waals surface area contributed by atoms with Crippen LogP contribution in [0.15, 0.2) is 11.1 Å². The van der Waals surface area contributed by atoms with Gasteiger partial charge < -0.3 is 5.73 Å². The fourth-order valence-corrected chi connectivity index (χ4v) is 4.65. The molecule has 7 heteroatoms. The lowest BCUT2D eigenvalue weighted by molar-refractivity contribution is 0.334. The normalized spacial score (nSPS) is 28.4. The number of rotatable bonds is 2. The van der Waals surface area contributed by atoms with Gasteiger partial charge in [-0.25, -0.2) is 13.1 Å². The fraction of sp³-hybridized carbons (Fsp3) is 0.667. The number of hydrogen-bond acceptors (Lipinski definition) is 5. The van der Waals surface area contributed by atoms with E-state index in [-0.39, 0.29) is 11.5 Å². The molecule has 2 rings (SSSR count). The first kappa shape index (κ1) is 11.8. The maximum Gasteiger partial charge on any atom is 0.152 e. The van der Waals surface area contributed by atoms with Crippen molar-refractivity contribution in [2.75, 3.05) is 23.5 Å². The number of nitrogens with zero attached hydrogens (tertiary/aromatic N) is 2. The first-order chi connectivity index (χ1) is 7.38. The predicted octanol–water partition coefficient (Wildman–Crippen LogP) is 0.721. The van der Waals surface area contributed by atoms with E-state index in [1.807, 2.05) is 13.2 Å². The Morgan fingerprint density at radius 3 is 2.75 bits per heavy atom. The molecule has 1 unspecified atom stereocenters. The van der Waals surface area contributed by atoms with Crippen molar-refractivity contribution in [2.24, 2.45) is 0 Å². The van der Waals surface area contributed by atoms with Crippen LogP contribution in [0, 0.1) is 0 Å². The van der Waals surface area contributed by atoms with Gasteiger partial charge >= 0.3 is 0 Å². The van der Waals surface area contributed by atoms with Gasteiger partial charge in [-0.2, -0.15) is 5.10 Å². The van der Waals surface area contributed by atoms with E-state index in [4.69, 9.17) is 5.73 Å². The molecule has 2 heterocycles. The minimum absolute atomic E-state index is 0.125. The lowest BCUT2D eigenvalue weighted by atomic mass is 10.0. The quantitative estimate of drug-likeness (QED) is 0.794. The van der Waals surface area contributed by atoms with Crippen LogP contribution in [-0.2, 0) is 15.4 Å². The highest BCUT2D eigenvalue weighted by Gasteiger charge is 2.41. The number of nitrogens with two attached hydrogens (primary N) is 1. The molecule has 1 fully saturated rings. The second-order valence-corrected chi connectivity index (χ2v) is 7.38. The van der Waals surface area contributed by atoms with Crippen LogP contribution in [-0.4, -0.2) is 36.0 Å². The van der Waals surface area contributed by atoms with Gasteiger partial charge in [0.1, 0.15) is 5.82 Å². The molecule has 2 N–H and O–H groups in total. The van der Waals surface area contributed by atoms with Crippen molar-refractivity contribution < 1.29 is 8.42 Å². The molecule has 0 radical (unpaired) electrons. The zero-order valence-electron chi connectivity index (χ0n) is 9.30. The third-order valence-corrected chi connectivity index (χ3v) is 5.63. The zero-order chi connectivity index (χ0) is 12.0. The summed E-state index contributed by atoms with van der Waals surface area (Å²) in [6.07, 6.45) is 4.19. The Morgan fingerprint density at radius 2 is 2.31 bits per heavy atom. The van der Waals surface area contributed by atoms with E-state index in [0.29, 0.717) is 12.2 Å². The van der Waals surface area contributed by atoms with Gasteiger partial charge in [0.05, 0.1) is 28.1 Å². The highest BCUT2D eigenvalue weighted by Crippen LogP contribution is 2.34. The van der Waals surface area contributed by atoms with Crippen LogP contribution in [0.25, 0.3) is 0 Å². The van der Waals surface area contributed by atoms with Gasteiger partial charge in [0.2, 0.25) is 0 Å². The van der Waals surface area contributed by atoms with Crippen molar-refractivity contribution in [3.63, 3.8) is 0 Å². The SMILES string of the molecule is CSc1cnn(C2(C)CCS(=O)(=O)C2)c1N. The van der Waals surface area contributed by atoms with Crippen molar-refractivity contribution in [2.45, 2.75) is 23.8 Å². The highest BCUT2D eigenvalue weighted by molar-refractivity contribution is 7.98. The van der Waals surface area contributed by atoms with E-state index < -0.39 is 15.4 Å². The van der Waals surface area contributed by atoms with Crippen LogP contribution >= 0.6 is 11.8 Å². The monoisotopic (exact) mass is 261 g/mol. The molecule has 1 aliphatic heterocycles. The summed E-state index contributed by atoms with van der Waals surface area (Å²) in [5, 5.41) is 4.21. The average Bonchev–Trinajstić information content (AvgIpc) is 2.68. The Bertz CT molecular complexity index is 509. The van der Waals surface area contributed by atoms with Gasteiger partial charge in [0, 0.05) is 0 Å². The molecular formula is C9H15N3O2S2. The molecule has 90 valence electrons. The van der Waals surface area contributed by atoms with E-state index in [9.17, 15) is 8.42 Å².